The monoisotopic (exact) mass is 318 g/mol. The third kappa shape index (κ3) is 4.91. The van der Waals surface area contributed by atoms with Gasteiger partial charge in [0.2, 0.25) is 0 Å². The van der Waals surface area contributed by atoms with E-state index in [0.717, 1.165) is 5.56 Å². The molecule has 0 fully saturated rings. The summed E-state index contributed by atoms with van der Waals surface area (Å²) in [6.07, 6.45) is 1.67. The summed E-state index contributed by atoms with van der Waals surface area (Å²) in [7, 11) is 0. The van der Waals surface area contributed by atoms with Crippen LogP contribution >= 0.6 is 11.6 Å². The van der Waals surface area contributed by atoms with Crippen molar-refractivity contribution in [3.05, 3.63) is 58.9 Å². The largest absolute Gasteiger partial charge is 0.376 e. The molecule has 1 aromatic heterocycles. The first kappa shape index (κ1) is 16.1. The lowest BCUT2D eigenvalue weighted by atomic mass is 10.2. The first-order chi connectivity index (χ1) is 10.7. The van der Waals surface area contributed by atoms with Crippen LogP contribution in [0.2, 0.25) is 5.15 Å². The third-order valence-electron chi connectivity index (χ3n) is 2.79. The smallest absolute Gasteiger partial charge is 0.259 e. The van der Waals surface area contributed by atoms with Crippen molar-refractivity contribution in [3.63, 3.8) is 0 Å². The molecule has 7 heteroatoms. The summed E-state index contributed by atoms with van der Waals surface area (Å²) in [5.74, 6) is -0.418. The van der Waals surface area contributed by atoms with E-state index in [0.29, 0.717) is 19.6 Å². The van der Waals surface area contributed by atoms with Crippen LogP contribution in [0, 0.1) is 5.41 Å². The second kappa shape index (κ2) is 8.21. The number of nitrogens with zero attached hydrogens (tertiary/aromatic N) is 2. The fraction of sp³-hybridized carbons (Fsp3) is 0.200. The van der Waals surface area contributed by atoms with Gasteiger partial charge in [0.15, 0.2) is 5.15 Å². The molecule has 2 aromatic rings. The maximum Gasteiger partial charge on any atom is 0.259 e. The Morgan fingerprint density at radius 1 is 1.27 bits per heavy atom. The van der Waals surface area contributed by atoms with Crippen molar-refractivity contribution in [2.24, 2.45) is 0 Å². The number of aromatic nitrogens is 2. The molecule has 0 aliphatic carbocycles. The van der Waals surface area contributed by atoms with Crippen molar-refractivity contribution < 1.29 is 9.53 Å². The van der Waals surface area contributed by atoms with Gasteiger partial charge in [-0.1, -0.05) is 41.9 Å². The number of carbonyl (C=O) groups excluding carboxylic acids is 1. The van der Waals surface area contributed by atoms with Crippen molar-refractivity contribution in [3.8, 4) is 0 Å². The van der Waals surface area contributed by atoms with Gasteiger partial charge in [-0.3, -0.25) is 10.2 Å². The molecule has 0 aliphatic rings. The molecule has 2 N–H and O–H groups in total. The minimum absolute atomic E-state index is 0.00753. The molecule has 0 saturated carbocycles. The lowest BCUT2D eigenvalue weighted by Crippen LogP contribution is -2.31. The highest BCUT2D eigenvalue weighted by molar-refractivity contribution is 6.32. The molecule has 0 saturated heterocycles. The summed E-state index contributed by atoms with van der Waals surface area (Å²) >= 11 is 5.77. The van der Waals surface area contributed by atoms with Gasteiger partial charge in [-0.2, -0.15) is 5.10 Å². The van der Waals surface area contributed by atoms with Gasteiger partial charge in [0.05, 0.1) is 25.0 Å². The Labute approximate surface area is 133 Å². The number of carbonyl (C=O) groups is 1. The Balaban J connectivity index is 1.72. The van der Waals surface area contributed by atoms with Gasteiger partial charge in [0.1, 0.15) is 5.84 Å². The molecular weight excluding hydrogens is 304 g/mol. The quantitative estimate of drug-likeness (QED) is 0.486. The molecule has 0 unspecified atom stereocenters. The van der Waals surface area contributed by atoms with Crippen LogP contribution in [0.15, 0.2) is 42.6 Å². The highest BCUT2D eigenvalue weighted by Crippen LogP contribution is 2.09. The third-order valence-corrected chi connectivity index (χ3v) is 3.07. The van der Waals surface area contributed by atoms with Crippen LogP contribution in [0.1, 0.15) is 22.3 Å². The van der Waals surface area contributed by atoms with Crippen LogP contribution < -0.4 is 5.32 Å². The topological polar surface area (TPSA) is 88.0 Å². The van der Waals surface area contributed by atoms with Gasteiger partial charge in [0.25, 0.3) is 5.91 Å². The van der Waals surface area contributed by atoms with Crippen LogP contribution in [-0.4, -0.2) is 28.5 Å². The number of hydrogen-bond donors (Lipinski definition) is 2. The summed E-state index contributed by atoms with van der Waals surface area (Å²) in [6.45, 7) is 0.818. The number of halogens is 1. The zero-order chi connectivity index (χ0) is 15.8. The second-order valence-corrected chi connectivity index (χ2v) is 4.81. The summed E-state index contributed by atoms with van der Waals surface area (Å²) in [4.78, 5) is 11.9. The van der Waals surface area contributed by atoms with Gasteiger partial charge >= 0.3 is 0 Å². The Bertz CT molecular complexity index is 649. The molecule has 0 atom stereocenters. The van der Waals surface area contributed by atoms with Crippen LogP contribution in [0.25, 0.3) is 0 Å². The lowest BCUT2D eigenvalue weighted by molar-refractivity contribution is 0.0972. The van der Waals surface area contributed by atoms with Gasteiger partial charge < -0.3 is 10.1 Å². The van der Waals surface area contributed by atoms with E-state index in [2.05, 4.69) is 15.5 Å². The average Bonchev–Trinajstić information content (AvgIpc) is 2.53. The average molecular weight is 319 g/mol. The summed E-state index contributed by atoms with van der Waals surface area (Å²) in [5, 5.41) is 17.3. The van der Waals surface area contributed by atoms with Crippen molar-refractivity contribution in [1.29, 1.82) is 5.41 Å². The predicted molar refractivity (Wildman–Crippen MR) is 82.9 cm³/mol. The number of hydrogen-bond acceptors (Lipinski definition) is 5. The van der Waals surface area contributed by atoms with Crippen LogP contribution in [0.5, 0.6) is 0 Å². The molecule has 2 rings (SSSR count). The maximum absolute atomic E-state index is 11.9. The highest BCUT2D eigenvalue weighted by atomic mass is 35.5. The molecule has 1 aromatic carbocycles. The van der Waals surface area contributed by atoms with Gasteiger partial charge in [0, 0.05) is 6.42 Å². The van der Waals surface area contributed by atoms with E-state index in [1.165, 1.54) is 12.3 Å². The van der Waals surface area contributed by atoms with Gasteiger partial charge in [-0.15, -0.1) is 5.10 Å². The molecule has 22 heavy (non-hydrogen) atoms. The van der Waals surface area contributed by atoms with E-state index < -0.39 is 5.91 Å². The standard InChI is InChI=1S/C15H15ClN4O2/c16-14-12(6-8-18-20-14)15(21)19-13(17)7-9-22-10-11-4-2-1-3-5-11/h1-6,8H,7,9-10H2,(H2,17,19,21). The van der Waals surface area contributed by atoms with Crippen molar-refractivity contribution in [2.75, 3.05) is 6.61 Å². The number of nitrogens with one attached hydrogen (secondary N) is 2. The van der Waals surface area contributed by atoms with E-state index in [1.54, 1.807) is 0 Å². The first-order valence-corrected chi connectivity index (χ1v) is 7.02. The second-order valence-electron chi connectivity index (χ2n) is 4.46. The Morgan fingerprint density at radius 2 is 2.05 bits per heavy atom. The van der Waals surface area contributed by atoms with Crippen LogP contribution in [0.4, 0.5) is 0 Å². The van der Waals surface area contributed by atoms with Gasteiger partial charge in [-0.25, -0.2) is 0 Å². The maximum atomic E-state index is 11.9. The minimum atomic E-state index is -0.479. The number of benzene rings is 1. The van der Waals surface area contributed by atoms with E-state index in [-0.39, 0.29) is 16.6 Å². The zero-order valence-electron chi connectivity index (χ0n) is 11.8. The SMILES string of the molecule is N=C(CCOCc1ccccc1)NC(=O)c1ccnnc1Cl. The Kier molecular flexibility index (Phi) is 6.00. The van der Waals surface area contributed by atoms with Crippen molar-refractivity contribution >= 4 is 23.3 Å². The molecule has 1 heterocycles. The predicted octanol–water partition coefficient (Wildman–Crippen LogP) is 2.44. The van der Waals surface area contributed by atoms with Gasteiger partial charge in [-0.05, 0) is 11.6 Å². The summed E-state index contributed by atoms with van der Waals surface area (Å²) in [5.41, 5.74) is 1.25. The molecule has 1 amide bonds. The fourth-order valence-corrected chi connectivity index (χ4v) is 1.88. The van der Waals surface area contributed by atoms with E-state index in [4.69, 9.17) is 21.7 Å². The fourth-order valence-electron chi connectivity index (χ4n) is 1.69. The Hall–Kier alpha value is -2.31. The van der Waals surface area contributed by atoms with Crippen LogP contribution in [-0.2, 0) is 11.3 Å². The molecule has 0 bridgehead atoms. The summed E-state index contributed by atoms with van der Waals surface area (Å²) < 4.78 is 5.46. The zero-order valence-corrected chi connectivity index (χ0v) is 12.5. The molecule has 6 nitrogen and oxygen atoms in total. The lowest BCUT2D eigenvalue weighted by Gasteiger charge is -2.08. The molecule has 0 radical (unpaired) electrons. The Morgan fingerprint density at radius 3 is 2.77 bits per heavy atom. The van der Waals surface area contributed by atoms with E-state index in [1.807, 2.05) is 30.3 Å². The van der Waals surface area contributed by atoms with Crippen LogP contribution in [0.3, 0.4) is 0 Å². The summed E-state index contributed by atoms with van der Waals surface area (Å²) in [6, 6.07) is 11.2. The minimum Gasteiger partial charge on any atom is -0.376 e. The first-order valence-electron chi connectivity index (χ1n) is 6.64. The van der Waals surface area contributed by atoms with E-state index >= 15 is 0 Å². The van der Waals surface area contributed by atoms with Crippen molar-refractivity contribution in [1.82, 2.24) is 15.5 Å². The number of rotatable bonds is 6. The number of amidine groups is 1. The molecular formula is C15H15ClN4O2. The molecule has 114 valence electrons. The number of amides is 1. The normalized spacial score (nSPS) is 10.2. The molecule has 0 spiro atoms. The number of ether oxygens (including phenoxy) is 1. The van der Waals surface area contributed by atoms with Crippen molar-refractivity contribution in [2.45, 2.75) is 13.0 Å². The highest BCUT2D eigenvalue weighted by Gasteiger charge is 2.12. The molecule has 0 aliphatic heterocycles. The van der Waals surface area contributed by atoms with E-state index in [9.17, 15) is 4.79 Å².